The van der Waals surface area contributed by atoms with Crippen molar-refractivity contribution >= 4 is 50.8 Å². The van der Waals surface area contributed by atoms with Crippen molar-refractivity contribution in [2.75, 3.05) is 0 Å². The Hall–Kier alpha value is -4.26. The minimum absolute atomic E-state index is 0.195. The van der Waals surface area contributed by atoms with E-state index in [0.29, 0.717) is 0 Å². The normalized spacial score (nSPS) is 14.7. The Morgan fingerprint density at radius 2 is 0.687 bits per heavy atom. The van der Waals surface area contributed by atoms with Crippen molar-refractivity contribution in [3.8, 4) is 0 Å². The first-order valence-electron chi connectivity index (χ1n) is 17.7. The van der Waals surface area contributed by atoms with Gasteiger partial charge in [0, 0.05) is 0 Å². The van der Waals surface area contributed by atoms with E-state index in [0.717, 1.165) is 84.9 Å². The molecule has 5 rings (SSSR count). The van der Waals surface area contributed by atoms with E-state index in [1.807, 2.05) is 0 Å². The van der Waals surface area contributed by atoms with Crippen LogP contribution < -0.4 is 0 Å². The Labute approximate surface area is 376 Å². The first-order chi connectivity index (χ1) is 30.5. The number of rotatable bonds is 17. The summed E-state index contributed by atoms with van der Waals surface area (Å²) in [5.74, 6) is -30.4. The molecule has 0 amide bonds. The molecule has 0 radical (unpaired) electrons. The fourth-order valence-corrected chi connectivity index (χ4v) is 17.8. The number of hydrogen-bond donors (Lipinski definition) is 0. The third kappa shape index (κ3) is 9.44. The average Bonchev–Trinajstić information content (AvgIpc) is 3.25. The first-order valence-corrected chi connectivity index (χ1v) is 25.1. The zero-order valence-corrected chi connectivity index (χ0v) is 36.9. The second-order valence-corrected chi connectivity index (χ2v) is 24.6. The summed E-state index contributed by atoms with van der Waals surface area (Å²) >= 11 is -4.52. The quantitative estimate of drug-likeness (QED) is 0.0681. The SMILES string of the molecule is O=S(=O)(OI(c1ccccc1)c1ccc(Cc2ccc(S(OS(=O)(=O)C(F)(F)C(F)(F)C(F)(F)C(F)(F)F)(c3ccccc3)c3ccccc3)cc2)cc1)C(F)(F)C(F)(F)C(F)(F)C(F)(F)F. The molecule has 67 heavy (non-hydrogen) atoms. The fourth-order valence-electron chi connectivity index (χ4n) is 5.56. The van der Waals surface area contributed by atoms with Gasteiger partial charge < -0.3 is 0 Å². The Morgan fingerprint density at radius 3 is 1.06 bits per heavy atom. The van der Waals surface area contributed by atoms with Crippen LogP contribution in [-0.4, -0.2) is 63.4 Å². The van der Waals surface area contributed by atoms with Crippen molar-refractivity contribution in [3.63, 3.8) is 0 Å². The van der Waals surface area contributed by atoms with E-state index < -0.39 is 102 Å². The van der Waals surface area contributed by atoms with Crippen LogP contribution in [-0.2, 0) is 32.8 Å². The molecule has 0 aliphatic heterocycles. The van der Waals surface area contributed by atoms with Gasteiger partial charge in [-0.05, 0) is 0 Å². The third-order valence-corrected chi connectivity index (χ3v) is 21.7. The second-order valence-electron chi connectivity index (χ2n) is 13.5. The molecule has 368 valence electrons. The molecule has 0 saturated carbocycles. The van der Waals surface area contributed by atoms with Crippen LogP contribution in [0.5, 0.6) is 0 Å². The van der Waals surface area contributed by atoms with Crippen LogP contribution >= 0.6 is 30.5 Å². The van der Waals surface area contributed by atoms with Gasteiger partial charge in [-0.3, -0.25) is 0 Å². The molecule has 0 atom stereocenters. The van der Waals surface area contributed by atoms with Crippen LogP contribution in [0.4, 0.5) is 79.0 Å². The first kappa shape index (κ1) is 53.7. The van der Waals surface area contributed by atoms with Gasteiger partial charge in [0.2, 0.25) is 0 Å². The number of alkyl halides is 18. The molecule has 0 spiro atoms. The van der Waals surface area contributed by atoms with Gasteiger partial charge in [-0.2, -0.15) is 47.9 Å². The molecule has 0 aliphatic rings. The van der Waals surface area contributed by atoms with E-state index in [1.54, 1.807) is 0 Å². The minimum atomic E-state index is -7.65. The summed E-state index contributed by atoms with van der Waals surface area (Å²) in [6.45, 7) is 0. The summed E-state index contributed by atoms with van der Waals surface area (Å²) in [7, 11) is -19.2. The van der Waals surface area contributed by atoms with Crippen molar-refractivity contribution in [3.05, 3.63) is 158 Å². The van der Waals surface area contributed by atoms with Crippen molar-refractivity contribution in [1.82, 2.24) is 0 Å². The van der Waals surface area contributed by atoms with E-state index in [-0.39, 0.29) is 34.5 Å². The van der Waals surface area contributed by atoms with E-state index >= 15 is 8.78 Å². The molecule has 6 nitrogen and oxygen atoms in total. The predicted octanol–water partition coefficient (Wildman–Crippen LogP) is 13.5. The summed E-state index contributed by atoms with van der Waals surface area (Å²) in [6.07, 6.45) is -14.9. The van der Waals surface area contributed by atoms with Crippen LogP contribution in [0.2, 0.25) is 0 Å². The molecule has 28 heteroatoms. The van der Waals surface area contributed by atoms with Gasteiger partial charge in [0.1, 0.15) is 0 Å². The summed E-state index contributed by atoms with van der Waals surface area (Å²) in [5.41, 5.74) is 0.404. The molecule has 0 aliphatic carbocycles. The Bertz CT molecular complexity index is 2690. The van der Waals surface area contributed by atoms with Crippen molar-refractivity contribution < 1.29 is 102 Å². The summed E-state index contributed by atoms with van der Waals surface area (Å²) < 4.78 is 310. The molecule has 0 unspecified atom stereocenters. The van der Waals surface area contributed by atoms with Crippen LogP contribution in [0.15, 0.2) is 154 Å². The zero-order valence-electron chi connectivity index (χ0n) is 32.3. The molecule has 0 heterocycles. The average molecular weight is 1150 g/mol. The van der Waals surface area contributed by atoms with E-state index in [1.165, 1.54) is 54.6 Å². The molecule has 0 aromatic heterocycles. The van der Waals surface area contributed by atoms with Gasteiger partial charge in [-0.25, -0.2) is 0 Å². The standard InChI is InChI=1S/C39H25F18IO6S3/c40-32(41,36(48,49)50)34(44,45)38(54,55)66(59,60)63-58(27-10-4-1-5-11-27)28-20-16-25(17-21-28)24-26-18-22-31(23-19-26)65(29-12-6-2-7-13-29,30-14-8-3-9-15-30)64-67(61,62)39(56,57)35(46,47)33(42,43)37(51,52)53/h1-23H,24H2. The Kier molecular flexibility index (Phi) is 14.6. The fraction of sp³-hybridized carbons (Fsp3) is 0.231. The van der Waals surface area contributed by atoms with Crippen LogP contribution in [0.25, 0.3) is 0 Å². The van der Waals surface area contributed by atoms with Crippen molar-refractivity contribution in [2.24, 2.45) is 0 Å². The zero-order chi connectivity index (χ0) is 50.5. The molecule has 0 fully saturated rings. The molecule has 5 aromatic carbocycles. The van der Waals surface area contributed by atoms with Crippen molar-refractivity contribution in [2.45, 2.75) is 67.7 Å². The van der Waals surface area contributed by atoms with E-state index in [4.69, 9.17) is 3.63 Å². The summed E-state index contributed by atoms with van der Waals surface area (Å²) in [5, 5.41) is -14.4. The number of halogens is 19. The van der Waals surface area contributed by atoms with Crippen LogP contribution in [0, 0.1) is 7.14 Å². The van der Waals surface area contributed by atoms with E-state index in [2.05, 4.69) is 2.51 Å². The van der Waals surface area contributed by atoms with Gasteiger partial charge in [0.15, 0.2) is 0 Å². The molecule has 0 bridgehead atoms. The van der Waals surface area contributed by atoms with Crippen LogP contribution in [0.3, 0.4) is 0 Å². The molecule has 0 N–H and O–H groups in total. The predicted molar refractivity (Wildman–Crippen MR) is 211 cm³/mol. The van der Waals surface area contributed by atoms with Gasteiger partial charge in [0.25, 0.3) is 0 Å². The topological polar surface area (TPSA) is 86.7 Å². The maximum absolute atomic E-state index is 15.2. The second kappa shape index (κ2) is 18.2. The van der Waals surface area contributed by atoms with Gasteiger partial charge in [-0.15, -0.1) is 0 Å². The number of hydrogen-bond acceptors (Lipinski definition) is 6. The molecular formula is C39H25F18IO6S3. The van der Waals surface area contributed by atoms with Gasteiger partial charge in [0.05, 0.1) is 0 Å². The van der Waals surface area contributed by atoms with E-state index in [9.17, 15) is 87.1 Å². The molecule has 5 aromatic rings. The maximum atomic E-state index is 15.2. The third-order valence-electron chi connectivity index (χ3n) is 9.05. The number of benzene rings is 5. The Balaban J connectivity index is 1.54. The summed E-state index contributed by atoms with van der Waals surface area (Å²) in [6, 6.07) is 26.1. The van der Waals surface area contributed by atoms with Crippen LogP contribution in [0.1, 0.15) is 11.1 Å². The monoisotopic (exact) mass is 1150 g/mol. The van der Waals surface area contributed by atoms with Crippen molar-refractivity contribution in [1.29, 1.82) is 0 Å². The molecular weight excluding hydrogens is 1130 g/mol. The van der Waals surface area contributed by atoms with Gasteiger partial charge in [-0.1, -0.05) is 36.4 Å². The Morgan fingerprint density at radius 1 is 0.373 bits per heavy atom. The van der Waals surface area contributed by atoms with Gasteiger partial charge >= 0.3 is 294 Å². The summed E-state index contributed by atoms with van der Waals surface area (Å²) in [4.78, 5) is -1.21. The molecule has 0 saturated heterocycles.